The Balaban J connectivity index is 2.14. The Kier molecular flexibility index (Phi) is 4.93. The van der Waals surface area contributed by atoms with Crippen LogP contribution in [0.15, 0.2) is 24.3 Å². The number of nitrogens with one attached hydrogen (secondary N) is 1. The number of hydrogen-bond acceptors (Lipinski definition) is 3. The number of para-hydroxylation sites is 1. The number of rotatable bonds is 5. The Morgan fingerprint density at radius 1 is 1.37 bits per heavy atom. The van der Waals surface area contributed by atoms with Crippen LogP contribution in [-0.4, -0.2) is 41.7 Å². The standard InChI is InChI=1S/C15H22N2O2/c1-2-9-17(10-11-18)14-8-7-12-5-3-4-6-13(12)16-15(14)19/h3-6,14,18H,2,7-11H2,1H3,(H,16,19). The second kappa shape index (κ2) is 6.68. The molecule has 1 unspecified atom stereocenters. The van der Waals surface area contributed by atoms with E-state index in [0.29, 0.717) is 6.54 Å². The summed E-state index contributed by atoms with van der Waals surface area (Å²) in [6, 6.07) is 7.82. The summed E-state index contributed by atoms with van der Waals surface area (Å²) in [5.41, 5.74) is 2.12. The number of amides is 1. The van der Waals surface area contributed by atoms with Crippen LogP contribution in [0.1, 0.15) is 25.3 Å². The molecule has 4 nitrogen and oxygen atoms in total. The largest absolute Gasteiger partial charge is 0.395 e. The average molecular weight is 262 g/mol. The van der Waals surface area contributed by atoms with Gasteiger partial charge in [-0.3, -0.25) is 9.69 Å². The van der Waals surface area contributed by atoms with Crippen LogP contribution in [-0.2, 0) is 11.2 Å². The SMILES string of the molecule is CCCN(CCO)C1CCc2ccccc2NC1=O. The summed E-state index contributed by atoms with van der Waals surface area (Å²) in [4.78, 5) is 14.4. The minimum absolute atomic E-state index is 0.0480. The molecule has 1 heterocycles. The van der Waals surface area contributed by atoms with E-state index in [1.165, 1.54) is 5.56 Å². The van der Waals surface area contributed by atoms with Gasteiger partial charge in [-0.1, -0.05) is 25.1 Å². The van der Waals surface area contributed by atoms with E-state index in [4.69, 9.17) is 5.11 Å². The maximum Gasteiger partial charge on any atom is 0.241 e. The van der Waals surface area contributed by atoms with Crippen LogP contribution in [0.5, 0.6) is 0 Å². The maximum atomic E-state index is 12.3. The van der Waals surface area contributed by atoms with E-state index in [-0.39, 0.29) is 18.6 Å². The highest BCUT2D eigenvalue weighted by Crippen LogP contribution is 2.23. The van der Waals surface area contributed by atoms with Crippen LogP contribution < -0.4 is 5.32 Å². The third-order valence-corrected chi connectivity index (χ3v) is 3.60. The first-order valence-corrected chi connectivity index (χ1v) is 7.00. The number of aliphatic hydroxyl groups is 1. The van der Waals surface area contributed by atoms with Crippen LogP contribution in [0.4, 0.5) is 5.69 Å². The Bertz CT molecular complexity index is 428. The molecular formula is C15H22N2O2. The van der Waals surface area contributed by atoms with E-state index in [2.05, 4.69) is 23.2 Å². The van der Waals surface area contributed by atoms with Gasteiger partial charge < -0.3 is 10.4 Å². The summed E-state index contributed by atoms with van der Waals surface area (Å²) in [7, 11) is 0. The number of carbonyl (C=O) groups excluding carboxylic acids is 1. The van der Waals surface area contributed by atoms with Crippen LogP contribution in [0.2, 0.25) is 0 Å². The molecule has 1 aliphatic heterocycles. The summed E-state index contributed by atoms with van der Waals surface area (Å²) < 4.78 is 0. The predicted molar refractivity (Wildman–Crippen MR) is 76.1 cm³/mol. The summed E-state index contributed by atoms with van der Waals surface area (Å²) in [5, 5.41) is 12.2. The maximum absolute atomic E-state index is 12.3. The van der Waals surface area contributed by atoms with Crippen molar-refractivity contribution in [3.05, 3.63) is 29.8 Å². The monoisotopic (exact) mass is 262 g/mol. The minimum atomic E-state index is -0.139. The third-order valence-electron chi connectivity index (χ3n) is 3.60. The molecule has 0 radical (unpaired) electrons. The van der Waals surface area contributed by atoms with Crippen molar-refractivity contribution in [1.29, 1.82) is 0 Å². The van der Waals surface area contributed by atoms with Gasteiger partial charge in [-0.05, 0) is 37.4 Å². The van der Waals surface area contributed by atoms with Gasteiger partial charge in [-0.15, -0.1) is 0 Å². The second-order valence-corrected chi connectivity index (χ2v) is 4.96. The average Bonchev–Trinajstić information content (AvgIpc) is 2.57. The molecular weight excluding hydrogens is 240 g/mol. The van der Waals surface area contributed by atoms with Crippen LogP contribution in [0.3, 0.4) is 0 Å². The smallest absolute Gasteiger partial charge is 0.241 e. The quantitative estimate of drug-likeness (QED) is 0.848. The molecule has 1 aromatic carbocycles. The van der Waals surface area contributed by atoms with E-state index in [1.807, 2.05) is 18.2 Å². The van der Waals surface area contributed by atoms with E-state index >= 15 is 0 Å². The lowest BCUT2D eigenvalue weighted by Gasteiger charge is -2.28. The van der Waals surface area contributed by atoms with Gasteiger partial charge >= 0.3 is 0 Å². The van der Waals surface area contributed by atoms with E-state index in [9.17, 15) is 4.79 Å². The highest BCUT2D eigenvalue weighted by Gasteiger charge is 2.28. The van der Waals surface area contributed by atoms with E-state index in [1.54, 1.807) is 0 Å². The molecule has 0 spiro atoms. The first-order valence-electron chi connectivity index (χ1n) is 7.00. The van der Waals surface area contributed by atoms with E-state index in [0.717, 1.165) is 31.5 Å². The van der Waals surface area contributed by atoms with Crippen LogP contribution >= 0.6 is 0 Å². The lowest BCUT2D eigenvalue weighted by atomic mass is 10.0. The number of aryl methyl sites for hydroxylation is 1. The van der Waals surface area contributed by atoms with E-state index < -0.39 is 0 Å². The van der Waals surface area contributed by atoms with Gasteiger partial charge in [0.05, 0.1) is 12.6 Å². The third kappa shape index (κ3) is 3.33. The van der Waals surface area contributed by atoms with Gasteiger partial charge in [0.1, 0.15) is 0 Å². The Morgan fingerprint density at radius 2 is 2.16 bits per heavy atom. The first-order chi connectivity index (χ1) is 9.26. The van der Waals surface area contributed by atoms with Crippen LogP contribution in [0, 0.1) is 0 Å². The number of aliphatic hydroxyl groups excluding tert-OH is 1. The fourth-order valence-corrected chi connectivity index (χ4v) is 2.69. The van der Waals surface area contributed by atoms with Gasteiger partial charge in [0, 0.05) is 12.2 Å². The summed E-state index contributed by atoms with van der Waals surface area (Å²) in [6.07, 6.45) is 2.69. The fraction of sp³-hybridized carbons (Fsp3) is 0.533. The Morgan fingerprint density at radius 3 is 2.89 bits per heavy atom. The zero-order valence-electron chi connectivity index (χ0n) is 11.4. The highest BCUT2D eigenvalue weighted by atomic mass is 16.3. The van der Waals surface area contributed by atoms with Crippen molar-refractivity contribution in [3.63, 3.8) is 0 Å². The summed E-state index contributed by atoms with van der Waals surface area (Å²) in [5.74, 6) is 0.0480. The molecule has 1 aromatic rings. The molecule has 1 atom stereocenters. The second-order valence-electron chi connectivity index (χ2n) is 4.96. The van der Waals surface area contributed by atoms with Crippen LogP contribution in [0.25, 0.3) is 0 Å². The number of carbonyl (C=O) groups is 1. The molecule has 1 aliphatic rings. The summed E-state index contributed by atoms with van der Waals surface area (Å²) >= 11 is 0. The lowest BCUT2D eigenvalue weighted by Crippen LogP contribution is -2.45. The van der Waals surface area contributed by atoms with Gasteiger partial charge in [-0.25, -0.2) is 0 Å². The zero-order chi connectivity index (χ0) is 13.7. The van der Waals surface area contributed by atoms with Crippen molar-refractivity contribution in [1.82, 2.24) is 4.90 Å². The molecule has 0 aromatic heterocycles. The highest BCUT2D eigenvalue weighted by molar-refractivity contribution is 5.96. The minimum Gasteiger partial charge on any atom is -0.395 e. The molecule has 1 amide bonds. The van der Waals surface area contributed by atoms with Crippen molar-refractivity contribution >= 4 is 11.6 Å². The molecule has 0 aliphatic carbocycles. The molecule has 19 heavy (non-hydrogen) atoms. The number of anilines is 1. The molecule has 104 valence electrons. The molecule has 2 rings (SSSR count). The van der Waals surface area contributed by atoms with Crippen molar-refractivity contribution in [2.24, 2.45) is 0 Å². The number of hydrogen-bond donors (Lipinski definition) is 2. The lowest BCUT2D eigenvalue weighted by molar-refractivity contribution is -0.121. The Labute approximate surface area is 114 Å². The van der Waals surface area contributed by atoms with Crippen molar-refractivity contribution < 1.29 is 9.90 Å². The molecule has 0 fully saturated rings. The molecule has 0 bridgehead atoms. The van der Waals surface area contributed by atoms with Crippen molar-refractivity contribution in [3.8, 4) is 0 Å². The van der Waals surface area contributed by atoms with Crippen molar-refractivity contribution in [2.45, 2.75) is 32.2 Å². The molecule has 0 saturated heterocycles. The molecule has 0 saturated carbocycles. The normalized spacial score (nSPS) is 18.9. The Hall–Kier alpha value is -1.39. The fourth-order valence-electron chi connectivity index (χ4n) is 2.69. The van der Waals surface area contributed by atoms with Gasteiger partial charge in [0.25, 0.3) is 0 Å². The first kappa shape index (κ1) is 14.0. The number of fused-ring (bicyclic) bond motifs is 1. The number of nitrogens with zero attached hydrogens (tertiary/aromatic N) is 1. The molecule has 2 N–H and O–H groups in total. The van der Waals surface area contributed by atoms with Crippen molar-refractivity contribution in [2.75, 3.05) is 25.0 Å². The van der Waals surface area contributed by atoms with Gasteiger partial charge in [0.15, 0.2) is 0 Å². The summed E-state index contributed by atoms with van der Waals surface area (Å²) in [6.45, 7) is 3.59. The predicted octanol–water partition coefficient (Wildman–Crippen LogP) is 1.64. The number of benzene rings is 1. The topological polar surface area (TPSA) is 52.6 Å². The zero-order valence-corrected chi connectivity index (χ0v) is 11.4. The molecule has 4 heteroatoms. The van der Waals surface area contributed by atoms with Gasteiger partial charge in [-0.2, -0.15) is 0 Å². The van der Waals surface area contributed by atoms with Gasteiger partial charge in [0.2, 0.25) is 5.91 Å².